The summed E-state index contributed by atoms with van der Waals surface area (Å²) in [6.45, 7) is 0.174. The summed E-state index contributed by atoms with van der Waals surface area (Å²) in [6, 6.07) is 7.33. The van der Waals surface area contributed by atoms with Crippen LogP contribution in [0.25, 0.3) is 0 Å². The molecule has 10 heteroatoms. The van der Waals surface area contributed by atoms with Crippen LogP contribution in [0.5, 0.6) is 11.5 Å². The number of ether oxygens (including phenoxy) is 1. The van der Waals surface area contributed by atoms with Crippen molar-refractivity contribution in [2.24, 2.45) is 4.99 Å². The summed E-state index contributed by atoms with van der Waals surface area (Å²) in [4.78, 5) is 13.8. The molecule has 2 rings (SSSR count). The number of alkyl halides is 3. The van der Waals surface area contributed by atoms with E-state index in [1.807, 2.05) is 0 Å². The van der Waals surface area contributed by atoms with Gasteiger partial charge in [0.1, 0.15) is 0 Å². The molecule has 0 radical (unpaired) electrons. The molecule has 2 aromatic carbocycles. The first-order valence-corrected chi connectivity index (χ1v) is 7.69. The Morgan fingerprint density at radius 1 is 1.33 bits per heavy atom. The molecule has 0 spiro atoms. The number of methoxy groups -OCH3 is 1. The van der Waals surface area contributed by atoms with E-state index in [0.29, 0.717) is 11.6 Å². The number of phenols is 1. The monoisotopic (exact) mass is 383 g/mol. The number of anilines is 1. The molecule has 0 aliphatic rings. The molecular weight excluding hydrogens is 367 g/mol. The lowest BCUT2D eigenvalue weighted by atomic mass is 10.1. The number of nitrogens with one attached hydrogen (secondary N) is 1. The molecule has 0 bridgehead atoms. The van der Waals surface area contributed by atoms with Gasteiger partial charge in [0.25, 0.3) is 5.69 Å². The Morgan fingerprint density at radius 3 is 2.70 bits per heavy atom. The average molecular weight is 383 g/mol. The van der Waals surface area contributed by atoms with Gasteiger partial charge >= 0.3 is 6.18 Å². The van der Waals surface area contributed by atoms with Crippen LogP contribution in [0.3, 0.4) is 0 Å². The van der Waals surface area contributed by atoms with Gasteiger partial charge in [0.05, 0.1) is 24.1 Å². The summed E-state index contributed by atoms with van der Waals surface area (Å²) >= 11 is 0. The van der Waals surface area contributed by atoms with Crippen LogP contribution >= 0.6 is 0 Å². The van der Waals surface area contributed by atoms with Gasteiger partial charge in [-0.1, -0.05) is 6.07 Å². The topological polar surface area (TPSA) is 97.0 Å². The van der Waals surface area contributed by atoms with Crippen molar-refractivity contribution in [3.05, 3.63) is 57.6 Å². The molecule has 0 aliphatic heterocycles. The lowest BCUT2D eigenvalue weighted by Crippen LogP contribution is -2.13. The second-order valence-corrected chi connectivity index (χ2v) is 5.34. The molecule has 7 nitrogen and oxygen atoms in total. The number of hydrogen-bond donors (Lipinski definition) is 2. The third-order valence-electron chi connectivity index (χ3n) is 3.56. The molecule has 0 aromatic heterocycles. The van der Waals surface area contributed by atoms with E-state index in [1.54, 1.807) is 18.2 Å². The summed E-state index contributed by atoms with van der Waals surface area (Å²) in [5.74, 6) is 0.184. The van der Waals surface area contributed by atoms with Crippen molar-refractivity contribution >= 4 is 17.6 Å². The summed E-state index contributed by atoms with van der Waals surface area (Å²) in [5, 5.41) is 23.1. The molecule has 0 saturated carbocycles. The first-order chi connectivity index (χ1) is 12.7. The fourth-order valence-electron chi connectivity index (χ4n) is 2.26. The Bertz CT molecular complexity index is 854. The van der Waals surface area contributed by atoms with Crippen molar-refractivity contribution in [3.8, 4) is 11.5 Å². The highest BCUT2D eigenvalue weighted by Crippen LogP contribution is 2.37. The molecule has 2 N–H and O–H groups in total. The molecular formula is C17H16F3N3O4. The lowest BCUT2D eigenvalue weighted by molar-refractivity contribution is -0.385. The zero-order valence-electron chi connectivity index (χ0n) is 14.2. The van der Waals surface area contributed by atoms with E-state index in [2.05, 4.69) is 10.3 Å². The van der Waals surface area contributed by atoms with Gasteiger partial charge in [-0.15, -0.1) is 0 Å². The Labute approximate surface area is 152 Å². The minimum absolute atomic E-state index is 0.0577. The Kier molecular flexibility index (Phi) is 6.22. The predicted molar refractivity (Wildman–Crippen MR) is 93.7 cm³/mol. The fourth-order valence-corrected chi connectivity index (χ4v) is 2.26. The number of benzene rings is 2. The summed E-state index contributed by atoms with van der Waals surface area (Å²) in [7, 11) is 1.41. The number of nitro benzene ring substituents is 1. The van der Waals surface area contributed by atoms with Crippen LogP contribution in [0.1, 0.15) is 11.1 Å². The fraction of sp³-hybridized carbons (Fsp3) is 0.235. The second-order valence-electron chi connectivity index (χ2n) is 5.34. The SMILES string of the molecule is COc1cccc(C=NCCNc2ccc([N+](=O)[O-])cc2C(F)(F)F)c1O. The number of non-ortho nitro benzene ring substituents is 1. The zero-order valence-corrected chi connectivity index (χ0v) is 14.2. The van der Waals surface area contributed by atoms with E-state index in [-0.39, 0.29) is 30.3 Å². The minimum atomic E-state index is -4.73. The molecule has 144 valence electrons. The second kappa shape index (κ2) is 8.39. The normalized spacial score (nSPS) is 11.6. The molecule has 2 aromatic rings. The van der Waals surface area contributed by atoms with Crippen LogP contribution in [0.2, 0.25) is 0 Å². The van der Waals surface area contributed by atoms with E-state index in [9.17, 15) is 28.4 Å². The van der Waals surface area contributed by atoms with Crippen molar-refractivity contribution in [3.63, 3.8) is 0 Å². The largest absolute Gasteiger partial charge is 0.504 e. The van der Waals surface area contributed by atoms with Crippen LogP contribution in [-0.4, -0.2) is 36.4 Å². The van der Waals surface area contributed by atoms with Gasteiger partial charge < -0.3 is 15.2 Å². The Hall–Kier alpha value is -3.30. The van der Waals surface area contributed by atoms with Crippen molar-refractivity contribution in [2.45, 2.75) is 6.18 Å². The Balaban J connectivity index is 2.04. The third kappa shape index (κ3) is 5.09. The van der Waals surface area contributed by atoms with Gasteiger partial charge in [0, 0.05) is 36.1 Å². The number of nitrogens with zero attached hydrogens (tertiary/aromatic N) is 2. The van der Waals surface area contributed by atoms with Gasteiger partial charge in [-0.25, -0.2) is 0 Å². The highest BCUT2D eigenvalue weighted by atomic mass is 19.4. The van der Waals surface area contributed by atoms with E-state index >= 15 is 0 Å². The molecule has 0 heterocycles. The number of hydrogen-bond acceptors (Lipinski definition) is 6. The van der Waals surface area contributed by atoms with E-state index in [1.165, 1.54) is 13.3 Å². The first-order valence-electron chi connectivity index (χ1n) is 7.69. The molecule has 27 heavy (non-hydrogen) atoms. The van der Waals surface area contributed by atoms with Crippen LogP contribution in [-0.2, 0) is 6.18 Å². The number of halogens is 3. The first kappa shape index (κ1) is 20.0. The van der Waals surface area contributed by atoms with Crippen molar-refractivity contribution in [2.75, 3.05) is 25.5 Å². The lowest BCUT2D eigenvalue weighted by Gasteiger charge is -2.13. The standard InChI is InChI=1S/C17H16F3N3O4/c1-27-15-4-2-3-11(16(15)24)10-21-7-8-22-14-6-5-12(23(25)26)9-13(14)17(18,19)20/h2-6,9-10,22,24H,7-8H2,1H3. The van der Waals surface area contributed by atoms with Gasteiger partial charge in [-0.2, -0.15) is 13.2 Å². The van der Waals surface area contributed by atoms with E-state index in [4.69, 9.17) is 4.74 Å². The van der Waals surface area contributed by atoms with Crippen molar-refractivity contribution in [1.29, 1.82) is 0 Å². The van der Waals surface area contributed by atoms with Crippen LogP contribution in [0.4, 0.5) is 24.5 Å². The number of para-hydroxylation sites is 1. The third-order valence-corrected chi connectivity index (χ3v) is 3.56. The maximum atomic E-state index is 13.1. The van der Waals surface area contributed by atoms with Gasteiger partial charge in [0.15, 0.2) is 11.5 Å². The quantitative estimate of drug-likeness (QED) is 0.328. The van der Waals surface area contributed by atoms with Gasteiger partial charge in [0.2, 0.25) is 0 Å². The van der Waals surface area contributed by atoms with Crippen LogP contribution in [0, 0.1) is 10.1 Å². The number of phenolic OH excluding ortho intramolecular Hbond substituents is 1. The van der Waals surface area contributed by atoms with Crippen LogP contribution < -0.4 is 10.1 Å². The average Bonchev–Trinajstić information content (AvgIpc) is 2.61. The predicted octanol–water partition coefficient (Wildman–Crippen LogP) is 3.86. The maximum absolute atomic E-state index is 13.1. The molecule has 0 fully saturated rings. The van der Waals surface area contributed by atoms with Gasteiger partial charge in [-0.3, -0.25) is 15.1 Å². The molecule has 0 amide bonds. The summed E-state index contributed by atoms with van der Waals surface area (Å²) in [5.41, 5.74) is -1.63. The van der Waals surface area contributed by atoms with E-state index in [0.717, 1.165) is 12.1 Å². The molecule has 0 saturated heterocycles. The number of aliphatic imine (C=N–C) groups is 1. The molecule has 0 unspecified atom stereocenters. The van der Waals surface area contributed by atoms with Crippen molar-refractivity contribution < 1.29 is 27.9 Å². The Morgan fingerprint density at radius 2 is 2.07 bits per heavy atom. The smallest absolute Gasteiger partial charge is 0.418 e. The minimum Gasteiger partial charge on any atom is -0.504 e. The summed E-state index contributed by atoms with van der Waals surface area (Å²) in [6.07, 6.45) is -3.36. The van der Waals surface area contributed by atoms with Crippen LogP contribution in [0.15, 0.2) is 41.4 Å². The van der Waals surface area contributed by atoms with Crippen molar-refractivity contribution in [1.82, 2.24) is 0 Å². The number of nitro groups is 1. The molecule has 0 atom stereocenters. The molecule has 0 aliphatic carbocycles. The highest BCUT2D eigenvalue weighted by Gasteiger charge is 2.35. The highest BCUT2D eigenvalue weighted by molar-refractivity contribution is 5.84. The number of rotatable bonds is 7. The number of aromatic hydroxyl groups is 1. The van der Waals surface area contributed by atoms with E-state index < -0.39 is 22.4 Å². The maximum Gasteiger partial charge on any atom is 0.418 e. The van der Waals surface area contributed by atoms with Gasteiger partial charge in [-0.05, 0) is 18.2 Å². The zero-order chi connectivity index (χ0) is 20.0. The summed E-state index contributed by atoms with van der Waals surface area (Å²) < 4.78 is 44.2.